The van der Waals surface area contributed by atoms with Crippen LogP contribution in [0, 0.1) is 5.92 Å². The highest BCUT2D eigenvalue weighted by molar-refractivity contribution is 7.15. The number of aryl methyl sites for hydroxylation is 1. The Hall–Kier alpha value is -3.72. The number of hydrogen-bond donors (Lipinski definition) is 3. The van der Waals surface area contributed by atoms with Gasteiger partial charge in [-0.1, -0.05) is 62.4 Å². The Morgan fingerprint density at radius 3 is 2.29 bits per heavy atom. The lowest BCUT2D eigenvalue weighted by molar-refractivity contribution is -0.143. The summed E-state index contributed by atoms with van der Waals surface area (Å²) in [5, 5.41) is 14.8. The molecule has 8 nitrogen and oxygen atoms in total. The average Bonchev–Trinajstić information content (AvgIpc) is 3.41. The molecule has 0 unspecified atom stereocenters. The van der Waals surface area contributed by atoms with Gasteiger partial charge in [0.1, 0.15) is 12.6 Å². The lowest BCUT2D eigenvalue weighted by Gasteiger charge is -2.17. The number of amides is 2. The Labute approximate surface area is 207 Å². The van der Waals surface area contributed by atoms with Gasteiger partial charge in [0.25, 0.3) is 0 Å². The lowest BCUT2D eigenvalue weighted by Crippen LogP contribution is -2.44. The molecule has 1 aliphatic rings. The number of carboxylic acid groups (broad SMARTS) is 1. The minimum Gasteiger partial charge on any atom is -0.480 e. The van der Waals surface area contributed by atoms with Crippen LogP contribution in [0.5, 0.6) is 0 Å². The smallest absolute Gasteiger partial charge is 0.413 e. The van der Waals surface area contributed by atoms with Gasteiger partial charge in [0.05, 0.1) is 0 Å². The standard InChI is InChI=1S/C26H27N3O5S/c1-15(2)23(24(31)32)28-22(30)12-11-16-13-27-25(35-16)29-26(33)34-14-21-19-9-5-3-7-17(19)18-8-4-6-10-20(18)21/h3-10,13,15,21,23H,11-12,14H2,1-2H3,(H,28,30)(H,31,32)(H,27,29,33)/t23-/m0/s1. The number of rotatable bonds is 9. The molecule has 3 N–H and O–H groups in total. The normalized spacial score (nSPS) is 13.1. The van der Waals surface area contributed by atoms with Gasteiger partial charge in [-0.2, -0.15) is 0 Å². The minimum absolute atomic E-state index is 0.0287. The molecule has 1 heterocycles. The number of thiazole rings is 1. The molecule has 0 bridgehead atoms. The fraction of sp³-hybridized carbons (Fsp3) is 0.308. The van der Waals surface area contributed by atoms with E-state index in [1.807, 2.05) is 24.3 Å². The van der Waals surface area contributed by atoms with E-state index >= 15 is 0 Å². The van der Waals surface area contributed by atoms with Crippen molar-refractivity contribution >= 4 is 34.4 Å². The number of nitrogens with one attached hydrogen (secondary N) is 2. The number of fused-ring (bicyclic) bond motifs is 3. The molecule has 1 aromatic heterocycles. The van der Waals surface area contributed by atoms with E-state index in [2.05, 4.69) is 39.9 Å². The van der Waals surface area contributed by atoms with E-state index in [9.17, 15) is 19.5 Å². The summed E-state index contributed by atoms with van der Waals surface area (Å²) in [7, 11) is 0. The van der Waals surface area contributed by atoms with Gasteiger partial charge in [0.2, 0.25) is 5.91 Å². The van der Waals surface area contributed by atoms with Crippen molar-refractivity contribution in [3.8, 4) is 11.1 Å². The van der Waals surface area contributed by atoms with Crippen molar-refractivity contribution in [2.45, 2.75) is 38.6 Å². The highest BCUT2D eigenvalue weighted by Gasteiger charge is 2.29. The van der Waals surface area contributed by atoms with E-state index in [1.54, 1.807) is 20.0 Å². The molecular weight excluding hydrogens is 466 g/mol. The summed E-state index contributed by atoms with van der Waals surface area (Å²) in [5.74, 6) is -1.64. The first-order valence-corrected chi connectivity index (χ1v) is 12.2. The predicted octanol–water partition coefficient (Wildman–Crippen LogP) is 4.66. The number of carbonyl (C=O) groups excluding carboxylic acids is 2. The molecule has 0 radical (unpaired) electrons. The van der Waals surface area contributed by atoms with Crippen LogP contribution in [0.2, 0.25) is 0 Å². The molecule has 2 amide bonds. The Morgan fingerprint density at radius 1 is 1.06 bits per heavy atom. The van der Waals surface area contributed by atoms with E-state index in [0.717, 1.165) is 27.1 Å². The van der Waals surface area contributed by atoms with Gasteiger partial charge in [-0.3, -0.25) is 10.1 Å². The zero-order valence-electron chi connectivity index (χ0n) is 19.5. The summed E-state index contributed by atoms with van der Waals surface area (Å²) in [4.78, 5) is 40.8. The van der Waals surface area contributed by atoms with Crippen LogP contribution in [0.1, 0.15) is 42.2 Å². The number of nitrogens with zero attached hydrogens (tertiary/aromatic N) is 1. The van der Waals surface area contributed by atoms with Gasteiger partial charge in [-0.05, 0) is 34.6 Å². The highest BCUT2D eigenvalue weighted by Crippen LogP contribution is 2.44. The number of anilines is 1. The maximum absolute atomic E-state index is 12.4. The van der Waals surface area contributed by atoms with Crippen molar-refractivity contribution in [1.82, 2.24) is 10.3 Å². The van der Waals surface area contributed by atoms with Crippen LogP contribution in [-0.2, 0) is 20.7 Å². The van der Waals surface area contributed by atoms with E-state index < -0.39 is 18.1 Å². The molecule has 3 aromatic rings. The van der Waals surface area contributed by atoms with Crippen LogP contribution in [0.3, 0.4) is 0 Å². The number of ether oxygens (including phenoxy) is 1. The van der Waals surface area contributed by atoms with Gasteiger partial charge in [-0.15, -0.1) is 11.3 Å². The zero-order valence-corrected chi connectivity index (χ0v) is 20.3. The molecule has 9 heteroatoms. The predicted molar refractivity (Wildman–Crippen MR) is 134 cm³/mol. The third-order valence-electron chi connectivity index (χ3n) is 5.95. The monoisotopic (exact) mass is 493 g/mol. The average molecular weight is 494 g/mol. The Kier molecular flexibility index (Phi) is 7.45. The Balaban J connectivity index is 1.28. The van der Waals surface area contributed by atoms with Crippen molar-refractivity contribution in [1.29, 1.82) is 0 Å². The number of aromatic nitrogens is 1. The Bertz CT molecular complexity index is 1190. The van der Waals surface area contributed by atoms with Crippen LogP contribution < -0.4 is 10.6 Å². The zero-order chi connectivity index (χ0) is 24.9. The van der Waals surface area contributed by atoms with Crippen molar-refractivity contribution in [3.63, 3.8) is 0 Å². The van der Waals surface area contributed by atoms with Gasteiger partial charge < -0.3 is 15.2 Å². The maximum atomic E-state index is 12.4. The highest BCUT2D eigenvalue weighted by atomic mass is 32.1. The third-order valence-corrected chi connectivity index (χ3v) is 6.93. The molecule has 182 valence electrons. The summed E-state index contributed by atoms with van der Waals surface area (Å²) >= 11 is 1.25. The van der Waals surface area contributed by atoms with E-state index in [0.29, 0.717) is 11.6 Å². The second-order valence-corrected chi connectivity index (χ2v) is 9.82. The molecule has 2 aromatic carbocycles. The molecule has 4 rings (SSSR count). The first-order chi connectivity index (χ1) is 16.8. The van der Waals surface area contributed by atoms with Gasteiger partial charge >= 0.3 is 12.1 Å². The van der Waals surface area contributed by atoms with Crippen LogP contribution in [0.4, 0.5) is 9.93 Å². The summed E-state index contributed by atoms with van der Waals surface area (Å²) < 4.78 is 5.54. The van der Waals surface area contributed by atoms with Gasteiger partial charge in [0, 0.05) is 23.4 Å². The first-order valence-electron chi connectivity index (χ1n) is 11.4. The molecule has 0 fully saturated rings. The van der Waals surface area contributed by atoms with Crippen LogP contribution in [0.25, 0.3) is 11.1 Å². The quantitative estimate of drug-likeness (QED) is 0.399. The van der Waals surface area contributed by atoms with Gasteiger partial charge in [0.15, 0.2) is 5.13 Å². The van der Waals surface area contributed by atoms with Crippen molar-refractivity contribution in [2.24, 2.45) is 5.92 Å². The maximum Gasteiger partial charge on any atom is 0.413 e. The fourth-order valence-corrected chi connectivity index (χ4v) is 5.00. The number of carboxylic acids is 1. The lowest BCUT2D eigenvalue weighted by atomic mass is 9.98. The van der Waals surface area contributed by atoms with Crippen LogP contribution >= 0.6 is 11.3 Å². The summed E-state index contributed by atoms with van der Waals surface area (Å²) in [6, 6.07) is 15.3. The first kappa shape index (κ1) is 24.4. The number of aliphatic carboxylic acids is 1. The third kappa shape index (κ3) is 5.68. The number of hydrogen-bond acceptors (Lipinski definition) is 6. The molecule has 0 saturated carbocycles. The minimum atomic E-state index is -1.05. The summed E-state index contributed by atoms with van der Waals surface area (Å²) in [6.07, 6.45) is 1.52. The SMILES string of the molecule is CC(C)[C@H](NC(=O)CCc1cnc(NC(=O)OCC2c3ccccc3-c3ccccc32)s1)C(=O)O. The largest absolute Gasteiger partial charge is 0.480 e. The van der Waals surface area contributed by atoms with Crippen molar-refractivity contribution < 1.29 is 24.2 Å². The van der Waals surface area contributed by atoms with Crippen LogP contribution in [-0.4, -0.2) is 40.7 Å². The molecule has 1 aliphatic carbocycles. The summed E-state index contributed by atoms with van der Waals surface area (Å²) in [6.45, 7) is 3.69. The summed E-state index contributed by atoms with van der Waals surface area (Å²) in [5.41, 5.74) is 4.60. The molecule has 0 saturated heterocycles. The van der Waals surface area contributed by atoms with Crippen LogP contribution in [0.15, 0.2) is 54.7 Å². The van der Waals surface area contributed by atoms with Gasteiger partial charge in [-0.25, -0.2) is 14.6 Å². The van der Waals surface area contributed by atoms with E-state index in [4.69, 9.17) is 4.74 Å². The topological polar surface area (TPSA) is 118 Å². The van der Waals surface area contributed by atoms with E-state index in [1.165, 1.54) is 11.3 Å². The van der Waals surface area contributed by atoms with E-state index in [-0.39, 0.29) is 30.8 Å². The molecule has 35 heavy (non-hydrogen) atoms. The molecular formula is C26H27N3O5S. The molecule has 0 aliphatic heterocycles. The molecule has 0 spiro atoms. The fourth-order valence-electron chi connectivity index (χ4n) is 4.20. The second kappa shape index (κ2) is 10.7. The van der Waals surface area contributed by atoms with Crippen molar-refractivity contribution in [2.75, 3.05) is 11.9 Å². The molecule has 1 atom stereocenters. The number of carbonyl (C=O) groups is 3. The Morgan fingerprint density at radius 2 is 1.69 bits per heavy atom. The van der Waals surface area contributed by atoms with Crippen molar-refractivity contribution in [3.05, 3.63) is 70.7 Å². The number of benzene rings is 2. The second-order valence-electron chi connectivity index (χ2n) is 8.71.